The van der Waals surface area contributed by atoms with Crippen molar-refractivity contribution in [3.05, 3.63) is 41.3 Å². The number of rotatable bonds is 10. The fourth-order valence-corrected chi connectivity index (χ4v) is 3.79. The van der Waals surface area contributed by atoms with Gasteiger partial charge in [-0.1, -0.05) is 30.3 Å². The van der Waals surface area contributed by atoms with Crippen molar-refractivity contribution < 1.29 is 22.8 Å². The van der Waals surface area contributed by atoms with Gasteiger partial charge in [0.25, 0.3) is 0 Å². The van der Waals surface area contributed by atoms with E-state index in [2.05, 4.69) is 15.2 Å². The van der Waals surface area contributed by atoms with Gasteiger partial charge in [0.05, 0.1) is 13.1 Å². The van der Waals surface area contributed by atoms with Gasteiger partial charge in [-0.2, -0.15) is 4.72 Å². The second-order valence-corrected chi connectivity index (χ2v) is 8.13. The third-order valence-corrected chi connectivity index (χ3v) is 5.20. The molecule has 0 radical (unpaired) electrons. The van der Waals surface area contributed by atoms with Crippen molar-refractivity contribution in [3.8, 4) is 0 Å². The molecule has 0 bridgehead atoms. The summed E-state index contributed by atoms with van der Waals surface area (Å²) in [7, 11) is -3.82. The maximum absolute atomic E-state index is 12.6. The van der Waals surface area contributed by atoms with Crippen molar-refractivity contribution in [2.75, 3.05) is 26.2 Å². The quantitative estimate of drug-likeness (QED) is 0.155. The molecule has 0 unspecified atom stereocenters. The van der Waals surface area contributed by atoms with Crippen LogP contribution >= 0.6 is 0 Å². The van der Waals surface area contributed by atoms with Crippen molar-refractivity contribution in [1.82, 2.24) is 14.9 Å². The van der Waals surface area contributed by atoms with Gasteiger partial charge in [0, 0.05) is 12.0 Å². The topological polar surface area (TPSA) is 169 Å². The molecule has 1 heterocycles. The molecular weight excluding hydrogens is 412 g/mol. The summed E-state index contributed by atoms with van der Waals surface area (Å²) in [5, 5.41) is 6.91. The first-order valence-electron chi connectivity index (χ1n) is 9.29. The Bertz CT molecular complexity index is 884. The Labute approximate surface area is 175 Å². The van der Waals surface area contributed by atoms with E-state index in [1.807, 2.05) is 6.07 Å². The predicted molar refractivity (Wildman–Crippen MR) is 112 cm³/mol. The van der Waals surface area contributed by atoms with Crippen LogP contribution in [-0.2, 0) is 24.4 Å². The summed E-state index contributed by atoms with van der Waals surface area (Å²) < 4.78 is 27.0. The predicted octanol–water partition coefficient (Wildman–Crippen LogP) is -1.11. The number of hydrogen-bond acceptors (Lipinski definition) is 6. The van der Waals surface area contributed by atoms with Crippen LogP contribution in [0.3, 0.4) is 0 Å². The van der Waals surface area contributed by atoms with Gasteiger partial charge in [-0.15, -0.1) is 0 Å². The highest BCUT2D eigenvalue weighted by Crippen LogP contribution is 2.13. The number of amides is 2. The molecule has 30 heavy (non-hydrogen) atoms. The summed E-state index contributed by atoms with van der Waals surface area (Å²) in [4.78, 5) is 30.7. The van der Waals surface area contributed by atoms with Crippen LogP contribution < -0.4 is 21.5 Å². The number of likely N-dealkylation sites (tertiary alicyclic amines) is 1. The highest BCUT2D eigenvalue weighted by Gasteiger charge is 2.32. The highest BCUT2D eigenvalue weighted by molar-refractivity contribution is 7.92. The van der Waals surface area contributed by atoms with Crippen LogP contribution in [0.15, 0.2) is 40.9 Å². The van der Waals surface area contributed by atoms with E-state index in [-0.39, 0.29) is 25.7 Å². The average molecular weight is 439 g/mol. The molecule has 0 saturated carbocycles. The van der Waals surface area contributed by atoms with Crippen LogP contribution in [0, 0.1) is 0 Å². The molecule has 1 aromatic rings. The summed E-state index contributed by atoms with van der Waals surface area (Å²) in [5.74, 6) is -1.07. The largest absolute Gasteiger partial charge is 0.391 e. The lowest BCUT2D eigenvalue weighted by Gasteiger charge is -2.31. The molecule has 0 aliphatic carbocycles. The van der Waals surface area contributed by atoms with E-state index >= 15 is 0 Å². The number of benzene rings is 1. The lowest BCUT2D eigenvalue weighted by Crippen LogP contribution is -2.54. The smallest absolute Gasteiger partial charge is 0.241 e. The minimum atomic E-state index is -3.82. The van der Waals surface area contributed by atoms with E-state index in [0.717, 1.165) is 11.0 Å². The van der Waals surface area contributed by atoms with Gasteiger partial charge in [-0.25, -0.2) is 8.42 Å². The van der Waals surface area contributed by atoms with Crippen molar-refractivity contribution in [1.29, 1.82) is 0 Å². The Balaban J connectivity index is 1.84. The highest BCUT2D eigenvalue weighted by atomic mass is 32.2. The Morgan fingerprint density at radius 3 is 2.73 bits per heavy atom. The molecule has 6 N–H and O–H groups in total. The van der Waals surface area contributed by atoms with Gasteiger partial charge in [0.2, 0.25) is 27.8 Å². The summed E-state index contributed by atoms with van der Waals surface area (Å²) in [6.07, 6.45) is 2.38. The monoisotopic (exact) mass is 438 g/mol. The molecule has 1 fully saturated rings. The maximum Gasteiger partial charge on any atom is 0.241 e. The second kappa shape index (κ2) is 11.2. The molecule has 1 atom stereocenters. The van der Waals surface area contributed by atoms with Crippen LogP contribution in [0.25, 0.3) is 6.08 Å². The summed E-state index contributed by atoms with van der Waals surface area (Å²) in [6.45, 7) is 0.403. The number of sulfonamides is 1. The number of carbonyl (C=O) groups excluding carboxylic acids is 2. The fraction of sp³-hybridized carbons (Fsp3) is 0.389. The van der Waals surface area contributed by atoms with Crippen LogP contribution in [0.4, 0.5) is 0 Å². The summed E-state index contributed by atoms with van der Waals surface area (Å²) in [5.41, 5.74) is 10.9. The minimum Gasteiger partial charge on any atom is -0.391 e. The van der Waals surface area contributed by atoms with Crippen LogP contribution in [0.2, 0.25) is 0 Å². The van der Waals surface area contributed by atoms with Gasteiger partial charge >= 0.3 is 0 Å². The third kappa shape index (κ3) is 8.09. The molecule has 1 aromatic carbocycles. The van der Waals surface area contributed by atoms with E-state index in [9.17, 15) is 18.0 Å². The number of nitrogens with one attached hydrogen (secondary N) is 2. The maximum atomic E-state index is 12.6. The van der Waals surface area contributed by atoms with Crippen molar-refractivity contribution in [2.45, 2.75) is 18.9 Å². The molecule has 12 heteroatoms. The first-order chi connectivity index (χ1) is 14.3. The molecule has 2 amide bonds. The van der Waals surface area contributed by atoms with Gasteiger partial charge < -0.3 is 26.5 Å². The second-order valence-electron chi connectivity index (χ2n) is 6.53. The van der Waals surface area contributed by atoms with Gasteiger partial charge in [0.15, 0.2) is 0 Å². The van der Waals surface area contributed by atoms with E-state index in [4.69, 9.17) is 16.3 Å². The molecule has 1 aliphatic rings. The zero-order valence-corrected chi connectivity index (χ0v) is 17.2. The van der Waals surface area contributed by atoms with Crippen molar-refractivity contribution >= 4 is 33.9 Å². The van der Waals surface area contributed by atoms with Gasteiger partial charge in [-0.05, 0) is 29.6 Å². The molecular formula is C18H26N6O5S. The molecule has 0 spiro atoms. The molecule has 0 aromatic heterocycles. The average Bonchev–Trinajstić information content (AvgIpc) is 2.70. The minimum absolute atomic E-state index is 0.0633. The first kappa shape index (κ1) is 23.2. The lowest BCUT2D eigenvalue weighted by molar-refractivity contribution is -0.139. The van der Waals surface area contributed by atoms with Crippen LogP contribution in [0.1, 0.15) is 18.4 Å². The number of piperidine rings is 1. The number of hydrogen-bond donors (Lipinski definition) is 4. The normalized spacial score (nSPS) is 17.0. The van der Waals surface area contributed by atoms with E-state index < -0.39 is 27.9 Å². The number of carbonyl (C=O) groups is 2. The Kier molecular flexibility index (Phi) is 8.62. The molecule has 1 saturated heterocycles. The standard InChI is InChI=1S/C18H26N6O5S/c19-18(20)22-29-11-9-21-16(25)13-24-10-4-7-15(17(24)26)23-30(27,28)12-8-14-5-2-1-3-6-14/h1-3,5-6,8,12,15,23H,4,7,9-11,13H2,(H,21,25)(H4,19,20,22)/b12-8+/t15-/m0/s1. The SMILES string of the molecule is NC(N)=NOCCNC(=O)CN1CCC[C@H](NS(=O)(=O)/C=C/c2ccccc2)C1=O. The zero-order chi connectivity index (χ0) is 22.0. The number of oxime groups is 1. The Morgan fingerprint density at radius 2 is 2.03 bits per heavy atom. The summed E-state index contributed by atoms with van der Waals surface area (Å²) >= 11 is 0. The molecule has 164 valence electrons. The summed E-state index contributed by atoms with van der Waals surface area (Å²) in [6, 6.07) is 8.02. The molecule has 2 rings (SSSR count). The van der Waals surface area contributed by atoms with Gasteiger partial charge in [0.1, 0.15) is 12.6 Å². The Hall–Kier alpha value is -3.12. The Morgan fingerprint density at radius 1 is 1.30 bits per heavy atom. The fourth-order valence-electron chi connectivity index (χ4n) is 2.76. The zero-order valence-electron chi connectivity index (χ0n) is 16.4. The van der Waals surface area contributed by atoms with Crippen LogP contribution in [-0.4, -0.2) is 63.4 Å². The van der Waals surface area contributed by atoms with E-state index in [0.29, 0.717) is 19.4 Å². The van der Waals surface area contributed by atoms with Crippen molar-refractivity contribution in [3.63, 3.8) is 0 Å². The van der Waals surface area contributed by atoms with Crippen LogP contribution in [0.5, 0.6) is 0 Å². The van der Waals surface area contributed by atoms with Gasteiger partial charge in [-0.3, -0.25) is 9.59 Å². The number of nitrogens with zero attached hydrogens (tertiary/aromatic N) is 2. The molecule has 1 aliphatic heterocycles. The van der Waals surface area contributed by atoms with E-state index in [1.54, 1.807) is 24.3 Å². The number of guanidine groups is 1. The molecule has 11 nitrogen and oxygen atoms in total. The lowest BCUT2D eigenvalue weighted by atomic mass is 10.1. The van der Waals surface area contributed by atoms with E-state index in [1.165, 1.54) is 11.0 Å². The third-order valence-electron chi connectivity index (χ3n) is 4.10. The first-order valence-corrected chi connectivity index (χ1v) is 10.8. The van der Waals surface area contributed by atoms with Crippen molar-refractivity contribution in [2.24, 2.45) is 16.6 Å². The number of nitrogens with two attached hydrogens (primary N) is 2.